The number of carbonyl (C=O) groups is 2. The van der Waals surface area contributed by atoms with Gasteiger partial charge in [-0.1, -0.05) is 0 Å². The van der Waals surface area contributed by atoms with Gasteiger partial charge in [-0.15, -0.1) is 0 Å². The molecule has 3 N–H and O–H groups in total. The van der Waals surface area contributed by atoms with E-state index in [2.05, 4.69) is 25.9 Å². The Labute approximate surface area is 205 Å². The monoisotopic (exact) mass is 501 g/mol. The topological polar surface area (TPSA) is 137 Å². The van der Waals surface area contributed by atoms with Crippen LogP contribution in [0.5, 0.6) is 0 Å². The first-order valence-electron chi connectivity index (χ1n) is 11.5. The molecule has 2 amide bonds. The van der Waals surface area contributed by atoms with Gasteiger partial charge in [0.2, 0.25) is 17.8 Å². The van der Waals surface area contributed by atoms with Gasteiger partial charge in [0.25, 0.3) is 0 Å². The third-order valence-corrected chi connectivity index (χ3v) is 7.29. The molecular weight excluding hydrogens is 470 g/mol. The van der Waals surface area contributed by atoms with Gasteiger partial charge >= 0.3 is 0 Å². The van der Waals surface area contributed by atoms with Crippen LogP contribution in [-0.4, -0.2) is 69.2 Å². The smallest absolute Gasteiger partial charge is 0.246 e. The third kappa shape index (κ3) is 5.70. The minimum absolute atomic E-state index is 0.0413. The minimum atomic E-state index is -3.54. The van der Waals surface area contributed by atoms with Crippen molar-refractivity contribution in [2.45, 2.75) is 37.6 Å². The van der Waals surface area contributed by atoms with Gasteiger partial charge in [-0.3, -0.25) is 9.59 Å². The molecule has 0 unspecified atom stereocenters. The lowest BCUT2D eigenvalue weighted by Crippen LogP contribution is -2.47. The van der Waals surface area contributed by atoms with E-state index >= 15 is 0 Å². The van der Waals surface area contributed by atoms with Crippen LogP contribution >= 0.6 is 0 Å². The number of benzene rings is 1. The van der Waals surface area contributed by atoms with Crippen LogP contribution in [-0.2, 0) is 19.4 Å². The Morgan fingerprint density at radius 2 is 2.00 bits per heavy atom. The number of anilines is 5. The van der Waals surface area contributed by atoms with Gasteiger partial charge in [0.1, 0.15) is 5.69 Å². The van der Waals surface area contributed by atoms with Crippen molar-refractivity contribution in [3.8, 4) is 0 Å². The molecule has 0 bridgehead atoms. The normalized spacial score (nSPS) is 18.1. The second-order valence-corrected chi connectivity index (χ2v) is 11.3. The lowest BCUT2D eigenvalue weighted by atomic mass is 10.0. The summed E-state index contributed by atoms with van der Waals surface area (Å²) >= 11 is 0. The number of nitrogens with zero attached hydrogens (tertiary/aromatic N) is 4. The number of likely N-dealkylation sites (N-methyl/N-ethyl adjacent to an activating group) is 1. The van der Waals surface area contributed by atoms with Crippen LogP contribution in [0.4, 0.5) is 28.8 Å². The Morgan fingerprint density at radius 3 is 2.66 bits per heavy atom. The van der Waals surface area contributed by atoms with Crippen molar-refractivity contribution >= 4 is 50.5 Å². The van der Waals surface area contributed by atoms with E-state index in [1.54, 1.807) is 19.3 Å². The maximum atomic E-state index is 12.5. The molecule has 11 nitrogen and oxygen atoms in total. The van der Waals surface area contributed by atoms with Gasteiger partial charge in [0.15, 0.2) is 15.7 Å². The highest BCUT2D eigenvalue weighted by atomic mass is 32.2. The van der Waals surface area contributed by atoms with E-state index in [0.717, 1.165) is 25.8 Å². The first kappa shape index (κ1) is 24.9. The Hall–Kier alpha value is -3.25. The number of nitrogens with one attached hydrogen (secondary N) is 3. The first-order chi connectivity index (χ1) is 16.5. The van der Waals surface area contributed by atoms with Crippen LogP contribution in [0.15, 0.2) is 29.3 Å². The van der Waals surface area contributed by atoms with E-state index in [-0.39, 0.29) is 41.2 Å². The molecule has 188 valence electrons. The van der Waals surface area contributed by atoms with Crippen LogP contribution in [0.25, 0.3) is 0 Å². The Bertz CT molecular complexity index is 1240. The second-order valence-electron chi connectivity index (χ2n) is 9.33. The fourth-order valence-corrected chi connectivity index (χ4v) is 4.89. The summed E-state index contributed by atoms with van der Waals surface area (Å²) in [5.74, 6) is 0.906. The van der Waals surface area contributed by atoms with Crippen LogP contribution in [0.1, 0.15) is 26.7 Å². The number of aromatic nitrogens is 2. The fourth-order valence-electron chi connectivity index (χ4n) is 4.21. The largest absolute Gasteiger partial charge is 0.343 e. The summed E-state index contributed by atoms with van der Waals surface area (Å²) in [5.41, 5.74) is 1.39. The zero-order valence-corrected chi connectivity index (χ0v) is 21.1. The van der Waals surface area contributed by atoms with Crippen molar-refractivity contribution in [2.75, 3.05) is 53.4 Å². The average Bonchev–Trinajstić information content (AvgIpc) is 3.28. The standard InChI is InChI=1S/C23H31N7O4S/c1-14(2)30-13-21(32)29(3)19-12-25-23(28-22(19)30)27-17-8-16(9-18(10-17)35(4,33)34)26-20(31)7-15-5-6-24-11-15/h8-10,12,14-15,24H,5-7,11,13H2,1-4H3,(H,26,31)(H,25,27,28)/t15-/m0/s1. The Kier molecular flexibility index (Phi) is 6.95. The fraction of sp³-hybridized carbons (Fsp3) is 0.478. The molecule has 4 rings (SSSR count). The van der Waals surface area contributed by atoms with Crippen molar-refractivity contribution in [2.24, 2.45) is 5.92 Å². The number of fused-ring (bicyclic) bond motifs is 1. The summed E-state index contributed by atoms with van der Waals surface area (Å²) in [6, 6.07) is 4.61. The summed E-state index contributed by atoms with van der Waals surface area (Å²) in [7, 11) is -1.86. The number of carbonyl (C=O) groups excluding carboxylic acids is 2. The van der Waals surface area contributed by atoms with E-state index < -0.39 is 9.84 Å². The first-order valence-corrected chi connectivity index (χ1v) is 13.4. The van der Waals surface area contributed by atoms with Gasteiger partial charge in [-0.2, -0.15) is 4.98 Å². The van der Waals surface area contributed by atoms with Gasteiger partial charge in [-0.05, 0) is 57.5 Å². The van der Waals surface area contributed by atoms with Crippen molar-refractivity contribution < 1.29 is 18.0 Å². The summed E-state index contributed by atoms with van der Waals surface area (Å²) in [6.07, 6.45) is 3.98. The quantitative estimate of drug-likeness (QED) is 0.518. The van der Waals surface area contributed by atoms with E-state index in [1.807, 2.05) is 18.7 Å². The molecule has 2 aliphatic heterocycles. The number of rotatable bonds is 7. The van der Waals surface area contributed by atoms with Crippen molar-refractivity contribution in [1.29, 1.82) is 0 Å². The van der Waals surface area contributed by atoms with Crippen molar-refractivity contribution in [3.05, 3.63) is 24.4 Å². The van der Waals surface area contributed by atoms with Gasteiger partial charge in [0.05, 0.1) is 17.6 Å². The molecule has 0 saturated carbocycles. The molecule has 1 aromatic carbocycles. The SMILES string of the molecule is CC(C)N1CC(=O)N(C)c2cnc(Nc3cc(NC(=O)C[C@@H]4CCNC4)cc(S(C)(=O)=O)c3)nc21. The molecular formula is C23H31N7O4S. The van der Waals surface area contributed by atoms with Gasteiger partial charge < -0.3 is 25.8 Å². The van der Waals surface area contributed by atoms with Gasteiger partial charge in [0, 0.05) is 37.1 Å². The molecule has 2 aliphatic rings. The molecule has 1 saturated heterocycles. The highest BCUT2D eigenvalue weighted by molar-refractivity contribution is 7.90. The highest BCUT2D eigenvalue weighted by Gasteiger charge is 2.30. The molecule has 35 heavy (non-hydrogen) atoms. The molecule has 1 atom stereocenters. The van der Waals surface area contributed by atoms with Crippen molar-refractivity contribution in [1.82, 2.24) is 15.3 Å². The molecule has 0 aliphatic carbocycles. The summed E-state index contributed by atoms with van der Waals surface area (Å²) in [5, 5.41) is 9.12. The van der Waals surface area contributed by atoms with Crippen LogP contribution in [0, 0.1) is 5.92 Å². The molecule has 2 aromatic rings. The third-order valence-electron chi connectivity index (χ3n) is 6.20. The maximum Gasteiger partial charge on any atom is 0.246 e. The van der Waals surface area contributed by atoms with Crippen LogP contribution in [0.2, 0.25) is 0 Å². The minimum Gasteiger partial charge on any atom is -0.343 e. The second kappa shape index (κ2) is 9.78. The molecule has 1 aromatic heterocycles. The van der Waals surface area contributed by atoms with Gasteiger partial charge in [-0.25, -0.2) is 13.4 Å². The highest BCUT2D eigenvalue weighted by Crippen LogP contribution is 2.33. The molecule has 0 radical (unpaired) electrons. The molecule has 1 fully saturated rings. The summed E-state index contributed by atoms with van der Waals surface area (Å²) < 4.78 is 24.6. The summed E-state index contributed by atoms with van der Waals surface area (Å²) in [4.78, 5) is 37.3. The van der Waals surface area contributed by atoms with Crippen LogP contribution < -0.4 is 25.8 Å². The van der Waals surface area contributed by atoms with E-state index in [0.29, 0.717) is 29.3 Å². The maximum absolute atomic E-state index is 12.5. The average molecular weight is 502 g/mol. The molecule has 0 spiro atoms. The lowest BCUT2D eigenvalue weighted by molar-refractivity contribution is -0.118. The van der Waals surface area contributed by atoms with Crippen LogP contribution in [0.3, 0.4) is 0 Å². The Balaban J connectivity index is 1.62. The number of sulfone groups is 1. The zero-order chi connectivity index (χ0) is 25.3. The predicted molar refractivity (Wildman–Crippen MR) is 135 cm³/mol. The Morgan fingerprint density at radius 1 is 1.26 bits per heavy atom. The molecule has 3 heterocycles. The lowest BCUT2D eigenvalue weighted by Gasteiger charge is -2.36. The number of hydrogen-bond acceptors (Lipinski definition) is 9. The predicted octanol–water partition coefficient (Wildman–Crippen LogP) is 1.75. The summed E-state index contributed by atoms with van der Waals surface area (Å²) in [6.45, 7) is 5.85. The van der Waals surface area contributed by atoms with Crippen molar-refractivity contribution in [3.63, 3.8) is 0 Å². The molecule has 12 heteroatoms. The van der Waals surface area contributed by atoms with E-state index in [9.17, 15) is 18.0 Å². The van der Waals surface area contributed by atoms with E-state index in [1.165, 1.54) is 17.0 Å². The number of amides is 2. The number of hydrogen-bond donors (Lipinski definition) is 3. The zero-order valence-electron chi connectivity index (χ0n) is 20.3. The van der Waals surface area contributed by atoms with E-state index in [4.69, 9.17) is 0 Å².